The Morgan fingerprint density at radius 2 is 1.77 bits per heavy atom. The highest BCUT2D eigenvalue weighted by atomic mass is 35.5. The Morgan fingerprint density at radius 1 is 1.13 bits per heavy atom. The van der Waals surface area contributed by atoms with E-state index >= 15 is 0 Å². The maximum absolute atomic E-state index is 12.8. The third-order valence-electron chi connectivity index (χ3n) is 5.26. The first-order valence-electron chi connectivity index (χ1n) is 10.00. The number of methoxy groups -OCH3 is 1. The van der Waals surface area contributed by atoms with Crippen LogP contribution >= 0.6 is 11.6 Å². The minimum Gasteiger partial charge on any atom is -0.496 e. The molecule has 1 N–H and O–H groups in total. The molecule has 2 aromatic rings. The van der Waals surface area contributed by atoms with Crippen LogP contribution in [0.1, 0.15) is 34.3 Å². The Morgan fingerprint density at radius 3 is 2.40 bits per heavy atom. The van der Waals surface area contributed by atoms with Crippen LogP contribution in [0, 0.1) is 13.8 Å². The zero-order valence-corrected chi connectivity index (χ0v) is 18.3. The predicted octanol–water partition coefficient (Wildman–Crippen LogP) is 3.77. The van der Waals surface area contributed by atoms with Crippen molar-refractivity contribution in [3.05, 3.63) is 58.1 Å². The fourth-order valence-electron chi connectivity index (χ4n) is 3.63. The van der Waals surface area contributed by atoms with Crippen LogP contribution in [0.5, 0.6) is 11.5 Å². The van der Waals surface area contributed by atoms with Gasteiger partial charge in [-0.3, -0.25) is 9.59 Å². The molecule has 1 saturated heterocycles. The molecule has 7 heteroatoms. The van der Waals surface area contributed by atoms with Gasteiger partial charge in [0.25, 0.3) is 11.8 Å². The van der Waals surface area contributed by atoms with E-state index in [1.807, 2.05) is 38.1 Å². The van der Waals surface area contributed by atoms with E-state index in [1.165, 1.54) is 0 Å². The summed E-state index contributed by atoms with van der Waals surface area (Å²) in [6.45, 7) is 4.92. The van der Waals surface area contributed by atoms with Crippen LogP contribution in [0.15, 0.2) is 36.4 Å². The quantitative estimate of drug-likeness (QED) is 0.757. The number of likely N-dealkylation sites (tertiary alicyclic amines) is 1. The van der Waals surface area contributed by atoms with Gasteiger partial charge in [0.05, 0.1) is 12.7 Å². The van der Waals surface area contributed by atoms with E-state index in [0.29, 0.717) is 48.0 Å². The molecule has 0 unspecified atom stereocenters. The molecular weight excluding hydrogens is 404 g/mol. The number of halogens is 1. The average Bonchev–Trinajstić information content (AvgIpc) is 2.76. The molecule has 0 aliphatic carbocycles. The van der Waals surface area contributed by atoms with E-state index in [4.69, 9.17) is 21.1 Å². The van der Waals surface area contributed by atoms with Gasteiger partial charge >= 0.3 is 0 Å². The summed E-state index contributed by atoms with van der Waals surface area (Å²) in [5.74, 6) is 0.980. The van der Waals surface area contributed by atoms with E-state index < -0.39 is 0 Å². The number of ether oxygens (including phenoxy) is 2. The van der Waals surface area contributed by atoms with Crippen LogP contribution in [0.3, 0.4) is 0 Å². The molecule has 0 saturated carbocycles. The van der Waals surface area contributed by atoms with Crippen LogP contribution < -0.4 is 14.8 Å². The highest BCUT2D eigenvalue weighted by molar-refractivity contribution is 6.32. The Labute approximate surface area is 182 Å². The highest BCUT2D eigenvalue weighted by Crippen LogP contribution is 2.26. The fraction of sp³-hybridized carbons (Fsp3) is 0.391. The summed E-state index contributed by atoms with van der Waals surface area (Å²) in [7, 11) is 1.56. The Kier molecular flexibility index (Phi) is 7.21. The number of para-hydroxylation sites is 1. The van der Waals surface area contributed by atoms with E-state index in [2.05, 4.69) is 5.32 Å². The van der Waals surface area contributed by atoms with Crippen molar-refractivity contribution in [1.29, 1.82) is 0 Å². The Balaban J connectivity index is 1.47. The molecule has 0 radical (unpaired) electrons. The van der Waals surface area contributed by atoms with E-state index in [9.17, 15) is 9.59 Å². The van der Waals surface area contributed by atoms with Gasteiger partial charge in [0.15, 0.2) is 6.61 Å². The minimum atomic E-state index is -0.172. The first kappa shape index (κ1) is 22.0. The van der Waals surface area contributed by atoms with Gasteiger partial charge < -0.3 is 19.7 Å². The van der Waals surface area contributed by atoms with Crippen LogP contribution in [0.2, 0.25) is 5.02 Å². The van der Waals surface area contributed by atoms with Crippen molar-refractivity contribution in [3.63, 3.8) is 0 Å². The molecular formula is C23H27ClN2O4. The molecule has 1 heterocycles. The summed E-state index contributed by atoms with van der Waals surface area (Å²) in [5, 5.41) is 3.71. The monoisotopic (exact) mass is 430 g/mol. The van der Waals surface area contributed by atoms with Crippen molar-refractivity contribution in [2.45, 2.75) is 32.7 Å². The van der Waals surface area contributed by atoms with Crippen LogP contribution in [0.4, 0.5) is 0 Å². The number of nitrogens with zero attached hydrogens (tertiary/aromatic N) is 1. The van der Waals surface area contributed by atoms with Gasteiger partial charge in [-0.05, 0) is 62.1 Å². The molecule has 0 spiro atoms. The first-order valence-corrected chi connectivity index (χ1v) is 10.4. The first-order chi connectivity index (χ1) is 14.4. The summed E-state index contributed by atoms with van der Waals surface area (Å²) < 4.78 is 10.9. The van der Waals surface area contributed by atoms with Gasteiger partial charge in [-0.2, -0.15) is 0 Å². The fourth-order valence-corrected chi connectivity index (χ4v) is 3.74. The van der Waals surface area contributed by atoms with Crippen molar-refractivity contribution < 1.29 is 19.1 Å². The summed E-state index contributed by atoms with van der Waals surface area (Å²) >= 11 is 6.16. The second-order valence-electron chi connectivity index (χ2n) is 7.49. The molecule has 2 amide bonds. The lowest BCUT2D eigenvalue weighted by molar-refractivity contribution is -0.124. The highest BCUT2D eigenvalue weighted by Gasteiger charge is 2.26. The van der Waals surface area contributed by atoms with Crippen molar-refractivity contribution in [1.82, 2.24) is 10.2 Å². The van der Waals surface area contributed by atoms with E-state index in [1.54, 1.807) is 24.1 Å². The number of amides is 2. The molecule has 1 fully saturated rings. The smallest absolute Gasteiger partial charge is 0.258 e. The molecule has 2 aromatic carbocycles. The lowest BCUT2D eigenvalue weighted by Crippen LogP contribution is -2.47. The largest absolute Gasteiger partial charge is 0.496 e. The minimum absolute atomic E-state index is 0.0245. The molecule has 160 valence electrons. The van der Waals surface area contributed by atoms with Gasteiger partial charge in [0.1, 0.15) is 11.5 Å². The molecule has 0 aromatic heterocycles. The molecule has 1 aliphatic heterocycles. The summed E-state index contributed by atoms with van der Waals surface area (Å²) in [6.07, 6.45) is 1.40. The van der Waals surface area contributed by atoms with Crippen LogP contribution in [-0.4, -0.2) is 49.6 Å². The number of aryl methyl sites for hydroxylation is 2. The third-order valence-corrected chi connectivity index (χ3v) is 5.86. The lowest BCUT2D eigenvalue weighted by atomic mass is 10.0. The molecule has 1 aliphatic rings. The molecule has 0 bridgehead atoms. The molecule has 3 rings (SSSR count). The molecule has 30 heavy (non-hydrogen) atoms. The molecule has 6 nitrogen and oxygen atoms in total. The number of benzene rings is 2. The van der Waals surface area contributed by atoms with Gasteiger partial charge in [-0.25, -0.2) is 0 Å². The number of hydrogen-bond acceptors (Lipinski definition) is 4. The Bertz CT molecular complexity index is 900. The van der Waals surface area contributed by atoms with Crippen molar-refractivity contribution in [3.8, 4) is 11.5 Å². The van der Waals surface area contributed by atoms with Crippen molar-refractivity contribution >= 4 is 23.4 Å². The van der Waals surface area contributed by atoms with Crippen LogP contribution in [0.25, 0.3) is 0 Å². The second-order valence-corrected chi connectivity index (χ2v) is 7.87. The SMILES string of the molecule is COc1ccccc1C(=O)N1CCC(NC(=O)COc2cc(C)c(Cl)c(C)c2)CC1. The van der Waals surface area contributed by atoms with Gasteiger partial charge in [0.2, 0.25) is 0 Å². The van der Waals surface area contributed by atoms with Gasteiger partial charge in [-0.1, -0.05) is 23.7 Å². The van der Waals surface area contributed by atoms with Gasteiger partial charge in [0, 0.05) is 24.2 Å². The van der Waals surface area contributed by atoms with Crippen molar-refractivity contribution in [2.75, 3.05) is 26.8 Å². The third kappa shape index (κ3) is 5.25. The van der Waals surface area contributed by atoms with Crippen LogP contribution in [-0.2, 0) is 4.79 Å². The molecule has 0 atom stereocenters. The van der Waals surface area contributed by atoms with Gasteiger partial charge in [-0.15, -0.1) is 0 Å². The number of carbonyl (C=O) groups is 2. The summed E-state index contributed by atoms with van der Waals surface area (Å²) in [6, 6.07) is 10.9. The maximum atomic E-state index is 12.8. The number of carbonyl (C=O) groups excluding carboxylic acids is 2. The number of hydrogen-bond donors (Lipinski definition) is 1. The van der Waals surface area contributed by atoms with E-state index in [-0.39, 0.29) is 24.5 Å². The number of piperidine rings is 1. The average molecular weight is 431 g/mol. The maximum Gasteiger partial charge on any atom is 0.258 e. The number of nitrogens with one attached hydrogen (secondary N) is 1. The van der Waals surface area contributed by atoms with Crippen molar-refractivity contribution in [2.24, 2.45) is 0 Å². The topological polar surface area (TPSA) is 67.9 Å². The Hall–Kier alpha value is -2.73. The second kappa shape index (κ2) is 9.85. The van der Waals surface area contributed by atoms with E-state index in [0.717, 1.165) is 11.1 Å². The summed E-state index contributed by atoms with van der Waals surface area (Å²) in [5.41, 5.74) is 2.39. The standard InChI is InChI=1S/C23H27ClN2O4/c1-15-12-18(13-16(2)22(15)24)30-14-21(27)25-17-8-10-26(11-9-17)23(28)19-6-4-5-7-20(19)29-3/h4-7,12-13,17H,8-11,14H2,1-3H3,(H,25,27). The summed E-state index contributed by atoms with van der Waals surface area (Å²) in [4.78, 5) is 26.9. The normalized spacial score (nSPS) is 14.3. The zero-order chi connectivity index (χ0) is 21.7. The lowest BCUT2D eigenvalue weighted by Gasteiger charge is -2.32. The number of rotatable bonds is 6. The predicted molar refractivity (Wildman–Crippen MR) is 116 cm³/mol. The zero-order valence-electron chi connectivity index (χ0n) is 17.5.